The Morgan fingerprint density at radius 3 is 2.69 bits per heavy atom. The lowest BCUT2D eigenvalue weighted by molar-refractivity contribution is 0.0780. The van der Waals surface area contributed by atoms with Gasteiger partial charge in [-0.2, -0.15) is 0 Å². The Balaban J connectivity index is 0.00000240. The molecule has 0 aliphatic carbocycles. The van der Waals surface area contributed by atoms with E-state index in [4.69, 9.17) is 9.47 Å². The van der Waals surface area contributed by atoms with Gasteiger partial charge in [0.15, 0.2) is 17.4 Å². The fraction of sp³-hybridized carbons (Fsp3) is 0.350. The molecule has 0 bridgehead atoms. The maximum atomic E-state index is 13.9. The molecule has 0 radical (unpaired) electrons. The van der Waals surface area contributed by atoms with Gasteiger partial charge in [-0.1, -0.05) is 28.1 Å². The summed E-state index contributed by atoms with van der Waals surface area (Å²) >= 11 is 3.02. The van der Waals surface area contributed by atoms with Crippen LogP contribution in [0.5, 0.6) is 5.75 Å². The van der Waals surface area contributed by atoms with Crippen LogP contribution in [0.1, 0.15) is 24.8 Å². The second-order valence-electron chi connectivity index (χ2n) is 6.73. The molecule has 0 spiro atoms. The van der Waals surface area contributed by atoms with Crippen LogP contribution in [0.2, 0.25) is 0 Å². The zero-order chi connectivity index (χ0) is 19.7. The summed E-state index contributed by atoms with van der Waals surface area (Å²) in [4.78, 5) is 4.66. The molecule has 29 heavy (non-hydrogen) atoms. The minimum atomic E-state index is -0.986. The van der Waals surface area contributed by atoms with E-state index in [-0.39, 0.29) is 36.1 Å². The molecule has 4 rings (SSSR count). The van der Waals surface area contributed by atoms with Crippen molar-refractivity contribution in [2.45, 2.75) is 31.6 Å². The Morgan fingerprint density at radius 1 is 1.28 bits per heavy atom. The summed E-state index contributed by atoms with van der Waals surface area (Å²) in [6.07, 6.45) is 0.717. The third-order valence-electron chi connectivity index (χ3n) is 4.68. The van der Waals surface area contributed by atoms with Crippen LogP contribution in [0, 0.1) is 11.6 Å². The fourth-order valence-electron chi connectivity index (χ4n) is 3.42. The van der Waals surface area contributed by atoms with Crippen molar-refractivity contribution >= 4 is 39.4 Å². The van der Waals surface area contributed by atoms with Gasteiger partial charge in [-0.25, -0.2) is 13.8 Å². The first kappa shape index (κ1) is 22.0. The van der Waals surface area contributed by atoms with E-state index >= 15 is 0 Å². The van der Waals surface area contributed by atoms with E-state index in [2.05, 4.69) is 20.9 Å². The van der Waals surface area contributed by atoms with Crippen molar-refractivity contribution in [1.82, 2.24) is 9.55 Å². The Hall–Kier alpha value is -1.74. The smallest absolute Gasteiger partial charge is 0.190 e. The number of aliphatic hydroxyl groups excluding tert-OH is 1. The minimum Gasteiger partial charge on any atom is -0.485 e. The van der Waals surface area contributed by atoms with Crippen LogP contribution in [0.25, 0.3) is 11.0 Å². The molecule has 156 valence electrons. The Kier molecular flexibility index (Phi) is 7.10. The van der Waals surface area contributed by atoms with Crippen molar-refractivity contribution in [3.63, 3.8) is 0 Å². The van der Waals surface area contributed by atoms with Crippen molar-refractivity contribution in [2.24, 2.45) is 0 Å². The largest absolute Gasteiger partial charge is 0.485 e. The molecule has 0 amide bonds. The highest BCUT2D eigenvalue weighted by atomic mass is 79.9. The van der Waals surface area contributed by atoms with Crippen LogP contribution in [-0.2, 0) is 11.3 Å². The number of aromatic nitrogens is 2. The maximum absolute atomic E-state index is 13.9. The molecule has 5 nitrogen and oxygen atoms in total. The molecule has 2 unspecified atom stereocenters. The molecule has 1 aliphatic rings. The van der Waals surface area contributed by atoms with Crippen LogP contribution in [-0.4, -0.2) is 34.0 Å². The van der Waals surface area contributed by atoms with Gasteiger partial charge >= 0.3 is 0 Å². The second kappa shape index (κ2) is 9.38. The summed E-state index contributed by atoms with van der Waals surface area (Å²) in [6.45, 7) is 0.601. The number of para-hydroxylation sites is 2. The summed E-state index contributed by atoms with van der Waals surface area (Å²) in [5.41, 5.74) is 1.68. The molecule has 1 aromatic heterocycles. The van der Waals surface area contributed by atoms with Crippen molar-refractivity contribution in [3.8, 4) is 5.75 Å². The van der Waals surface area contributed by atoms with Crippen LogP contribution in [0.15, 0.2) is 40.9 Å². The molecule has 3 aromatic rings. The molecular formula is C20H20BrClF2N2O3. The quantitative estimate of drug-likeness (QED) is 0.541. The summed E-state index contributed by atoms with van der Waals surface area (Å²) < 4.78 is 41.0. The van der Waals surface area contributed by atoms with Gasteiger partial charge in [0.25, 0.3) is 0 Å². The van der Waals surface area contributed by atoms with Gasteiger partial charge < -0.3 is 19.1 Å². The minimum absolute atomic E-state index is 0. The topological polar surface area (TPSA) is 56.5 Å². The maximum Gasteiger partial charge on any atom is 0.190 e. The van der Waals surface area contributed by atoms with Crippen molar-refractivity contribution < 1.29 is 23.4 Å². The highest BCUT2D eigenvalue weighted by Gasteiger charge is 2.25. The third kappa shape index (κ3) is 4.71. The number of benzene rings is 2. The van der Waals surface area contributed by atoms with E-state index in [9.17, 15) is 13.9 Å². The fourth-order valence-corrected chi connectivity index (χ4v) is 3.82. The average molecular weight is 490 g/mol. The SMILES string of the molecule is Cl.OC(COc1c(F)cc(Br)cc1F)Cn1c(C2CCCO2)nc2ccccc21. The second-order valence-corrected chi connectivity index (χ2v) is 7.65. The molecule has 9 heteroatoms. The summed E-state index contributed by atoms with van der Waals surface area (Å²) in [5, 5.41) is 10.5. The molecule has 1 saturated heterocycles. The molecule has 1 N–H and O–H groups in total. The number of nitrogens with zero attached hydrogens (tertiary/aromatic N) is 2. The molecule has 2 aromatic carbocycles. The number of hydrogen-bond acceptors (Lipinski definition) is 4. The van der Waals surface area contributed by atoms with Crippen molar-refractivity contribution in [3.05, 3.63) is 58.3 Å². The first-order chi connectivity index (χ1) is 13.5. The van der Waals surface area contributed by atoms with Gasteiger partial charge in [-0.3, -0.25) is 0 Å². The molecule has 0 saturated carbocycles. The van der Waals surface area contributed by atoms with Gasteiger partial charge in [0.2, 0.25) is 0 Å². The first-order valence-electron chi connectivity index (χ1n) is 9.05. The van der Waals surface area contributed by atoms with E-state index < -0.39 is 23.5 Å². The van der Waals surface area contributed by atoms with Crippen LogP contribution in [0.4, 0.5) is 8.78 Å². The number of imidazole rings is 1. The Labute approximate surface area is 181 Å². The van der Waals surface area contributed by atoms with E-state index in [0.717, 1.165) is 41.8 Å². The molecule has 2 atom stereocenters. The van der Waals surface area contributed by atoms with E-state index in [0.29, 0.717) is 6.61 Å². The number of fused-ring (bicyclic) bond motifs is 1. The highest BCUT2D eigenvalue weighted by Crippen LogP contribution is 2.31. The summed E-state index contributed by atoms with van der Waals surface area (Å²) in [6, 6.07) is 9.85. The molecule has 2 heterocycles. The van der Waals surface area contributed by atoms with Gasteiger partial charge in [-0.15, -0.1) is 12.4 Å². The number of ether oxygens (including phenoxy) is 2. The lowest BCUT2D eigenvalue weighted by atomic mass is 10.2. The highest BCUT2D eigenvalue weighted by molar-refractivity contribution is 9.10. The van der Waals surface area contributed by atoms with E-state index in [1.807, 2.05) is 28.8 Å². The lowest BCUT2D eigenvalue weighted by Gasteiger charge is -2.18. The number of aliphatic hydroxyl groups is 1. The number of rotatable bonds is 6. The number of hydrogen-bond donors (Lipinski definition) is 1. The van der Waals surface area contributed by atoms with Crippen molar-refractivity contribution in [1.29, 1.82) is 0 Å². The zero-order valence-electron chi connectivity index (χ0n) is 15.4. The predicted octanol–water partition coefficient (Wildman–Crippen LogP) is 4.79. The molecule has 1 fully saturated rings. The zero-order valence-corrected chi connectivity index (χ0v) is 17.8. The predicted molar refractivity (Wildman–Crippen MR) is 110 cm³/mol. The average Bonchev–Trinajstić information content (AvgIpc) is 3.29. The molecular weight excluding hydrogens is 470 g/mol. The van der Waals surface area contributed by atoms with Gasteiger partial charge in [0.05, 0.1) is 17.6 Å². The van der Waals surface area contributed by atoms with Crippen LogP contribution >= 0.6 is 28.3 Å². The van der Waals surface area contributed by atoms with E-state index in [1.165, 1.54) is 0 Å². The van der Waals surface area contributed by atoms with Gasteiger partial charge in [0, 0.05) is 11.1 Å². The van der Waals surface area contributed by atoms with Crippen molar-refractivity contribution in [2.75, 3.05) is 13.2 Å². The first-order valence-corrected chi connectivity index (χ1v) is 9.84. The standard InChI is InChI=1S/C20H19BrF2N2O3.ClH/c21-12-8-14(22)19(15(23)9-12)28-11-13(26)10-25-17-5-2-1-4-16(17)24-20(25)18-6-3-7-27-18;/h1-2,4-5,8-9,13,18,26H,3,6-7,10-11H2;1H. The van der Waals surface area contributed by atoms with Crippen LogP contribution < -0.4 is 4.74 Å². The summed E-state index contributed by atoms with van der Waals surface area (Å²) in [7, 11) is 0. The molecule has 1 aliphatic heterocycles. The normalized spacial score (nSPS) is 17.3. The van der Waals surface area contributed by atoms with E-state index in [1.54, 1.807) is 0 Å². The lowest BCUT2D eigenvalue weighted by Crippen LogP contribution is -2.25. The Morgan fingerprint density at radius 2 is 2.00 bits per heavy atom. The number of halogens is 4. The van der Waals surface area contributed by atoms with Gasteiger partial charge in [0.1, 0.15) is 24.6 Å². The Bertz CT molecular complexity index is 972. The monoisotopic (exact) mass is 488 g/mol. The van der Waals surface area contributed by atoms with Gasteiger partial charge in [-0.05, 0) is 37.1 Å². The van der Waals surface area contributed by atoms with Crippen LogP contribution in [0.3, 0.4) is 0 Å². The third-order valence-corrected chi connectivity index (χ3v) is 5.14. The summed E-state index contributed by atoms with van der Waals surface area (Å²) in [5.74, 6) is -1.41.